The normalized spacial score (nSPS) is 12.8. The maximum atomic E-state index is 12.1. The van der Waals surface area contributed by atoms with Crippen LogP contribution in [0.5, 0.6) is 0 Å². The Morgan fingerprint density at radius 3 is 2.20 bits per heavy atom. The molecule has 0 aromatic rings. The van der Waals surface area contributed by atoms with Crippen molar-refractivity contribution < 1.29 is 18.3 Å². The van der Waals surface area contributed by atoms with E-state index in [1.807, 2.05) is 13.8 Å². The highest BCUT2D eigenvalue weighted by atomic mass is 19.4. The van der Waals surface area contributed by atoms with Crippen LogP contribution in [0.15, 0.2) is 0 Å². The summed E-state index contributed by atoms with van der Waals surface area (Å²) in [6, 6.07) is 0. The van der Waals surface area contributed by atoms with Gasteiger partial charge in [-0.3, -0.25) is 4.90 Å². The number of alkyl halides is 3. The number of hydrogen-bond donors (Lipinski definition) is 1. The van der Waals surface area contributed by atoms with E-state index in [9.17, 15) is 13.2 Å². The predicted molar refractivity (Wildman–Crippen MR) is 53.7 cm³/mol. The molecule has 92 valence electrons. The fraction of sp³-hybridized carbons (Fsp3) is 1.00. The molecular formula is C10H20F3NO. The van der Waals surface area contributed by atoms with Gasteiger partial charge in [-0.25, -0.2) is 0 Å². The van der Waals surface area contributed by atoms with Gasteiger partial charge in [-0.2, -0.15) is 13.2 Å². The molecule has 0 aliphatic carbocycles. The Kier molecular flexibility index (Phi) is 6.92. The summed E-state index contributed by atoms with van der Waals surface area (Å²) in [4.78, 5) is 1.25. The van der Waals surface area contributed by atoms with Crippen molar-refractivity contribution in [2.24, 2.45) is 5.92 Å². The lowest BCUT2D eigenvalue weighted by Crippen LogP contribution is -2.36. The van der Waals surface area contributed by atoms with Crippen LogP contribution in [0.3, 0.4) is 0 Å². The van der Waals surface area contributed by atoms with Crippen LogP contribution in [-0.2, 0) is 0 Å². The zero-order chi connectivity index (χ0) is 11.9. The molecule has 15 heavy (non-hydrogen) atoms. The lowest BCUT2D eigenvalue weighted by molar-refractivity contribution is -0.146. The Morgan fingerprint density at radius 2 is 1.80 bits per heavy atom. The summed E-state index contributed by atoms with van der Waals surface area (Å²) >= 11 is 0. The van der Waals surface area contributed by atoms with Gasteiger partial charge < -0.3 is 5.11 Å². The van der Waals surface area contributed by atoms with Gasteiger partial charge in [-0.1, -0.05) is 13.8 Å². The molecule has 0 bridgehead atoms. The molecule has 0 aromatic heterocycles. The first kappa shape index (κ1) is 14.7. The van der Waals surface area contributed by atoms with Crippen LogP contribution in [0.1, 0.15) is 26.7 Å². The topological polar surface area (TPSA) is 23.5 Å². The van der Waals surface area contributed by atoms with Crippen LogP contribution in [0.4, 0.5) is 13.2 Å². The van der Waals surface area contributed by atoms with E-state index in [-0.39, 0.29) is 13.2 Å². The number of aliphatic hydroxyl groups is 1. The van der Waals surface area contributed by atoms with E-state index in [1.54, 1.807) is 0 Å². The highest BCUT2D eigenvalue weighted by molar-refractivity contribution is 4.63. The maximum Gasteiger partial charge on any atom is 0.401 e. The Bertz CT molecular complexity index is 159. The number of rotatable bonds is 7. The Balaban J connectivity index is 3.83. The van der Waals surface area contributed by atoms with Crippen LogP contribution < -0.4 is 0 Å². The van der Waals surface area contributed by atoms with E-state index in [1.165, 1.54) is 4.90 Å². The first-order valence-corrected chi connectivity index (χ1v) is 5.25. The van der Waals surface area contributed by atoms with E-state index >= 15 is 0 Å². The lowest BCUT2D eigenvalue weighted by Gasteiger charge is -2.22. The molecule has 0 heterocycles. The Hall–Kier alpha value is -0.290. The number of hydrogen-bond acceptors (Lipinski definition) is 2. The van der Waals surface area contributed by atoms with Crippen molar-refractivity contribution in [3.63, 3.8) is 0 Å². The molecule has 0 atom stereocenters. The molecule has 0 rings (SSSR count). The van der Waals surface area contributed by atoms with Crippen LogP contribution in [0.25, 0.3) is 0 Å². The summed E-state index contributed by atoms with van der Waals surface area (Å²) in [5.74, 6) is 0.506. The molecule has 0 spiro atoms. The van der Waals surface area contributed by atoms with Gasteiger partial charge in [0.1, 0.15) is 0 Å². The zero-order valence-electron chi connectivity index (χ0n) is 9.35. The van der Waals surface area contributed by atoms with Gasteiger partial charge in [0.25, 0.3) is 0 Å². The molecule has 0 aromatic carbocycles. The van der Waals surface area contributed by atoms with E-state index in [4.69, 9.17) is 5.11 Å². The monoisotopic (exact) mass is 227 g/mol. The molecule has 1 N–H and O–H groups in total. The Morgan fingerprint density at radius 1 is 1.20 bits per heavy atom. The first-order valence-electron chi connectivity index (χ1n) is 5.25. The smallest absolute Gasteiger partial charge is 0.395 e. The predicted octanol–water partition coefficient (Wildman–Crippen LogP) is 2.28. The second-order valence-corrected chi connectivity index (χ2v) is 4.15. The van der Waals surface area contributed by atoms with Crippen molar-refractivity contribution in [3.05, 3.63) is 0 Å². The lowest BCUT2D eigenvalue weighted by atomic mass is 10.1. The highest BCUT2D eigenvalue weighted by Gasteiger charge is 2.30. The average molecular weight is 227 g/mol. The third kappa shape index (κ3) is 10.0. The van der Waals surface area contributed by atoms with Gasteiger partial charge in [-0.15, -0.1) is 0 Å². The zero-order valence-corrected chi connectivity index (χ0v) is 9.35. The SMILES string of the molecule is CC(C)CCCN(CCO)CC(F)(F)F. The molecule has 0 amide bonds. The quantitative estimate of drug-likeness (QED) is 0.721. The minimum atomic E-state index is -4.17. The van der Waals surface area contributed by atoms with Crippen molar-refractivity contribution in [2.75, 3.05) is 26.2 Å². The van der Waals surface area contributed by atoms with Gasteiger partial charge in [-0.05, 0) is 25.3 Å². The van der Waals surface area contributed by atoms with Crippen LogP contribution in [0.2, 0.25) is 0 Å². The Labute approximate surface area is 89.1 Å². The van der Waals surface area contributed by atoms with Gasteiger partial charge in [0.05, 0.1) is 13.2 Å². The van der Waals surface area contributed by atoms with Crippen molar-refractivity contribution in [1.82, 2.24) is 4.90 Å². The average Bonchev–Trinajstić information content (AvgIpc) is 2.00. The summed E-state index contributed by atoms with van der Waals surface area (Å²) in [5, 5.41) is 8.63. The molecule has 0 saturated carbocycles. The summed E-state index contributed by atoms with van der Waals surface area (Å²) in [7, 11) is 0. The van der Waals surface area contributed by atoms with Crippen molar-refractivity contribution in [2.45, 2.75) is 32.9 Å². The van der Waals surface area contributed by atoms with Gasteiger partial charge in [0, 0.05) is 6.54 Å². The molecule has 2 nitrogen and oxygen atoms in total. The molecular weight excluding hydrogens is 207 g/mol. The molecule has 5 heteroatoms. The van der Waals surface area contributed by atoms with E-state index in [0.717, 1.165) is 12.8 Å². The molecule has 0 aliphatic rings. The fourth-order valence-electron chi connectivity index (χ4n) is 1.39. The van der Waals surface area contributed by atoms with Gasteiger partial charge in [0.2, 0.25) is 0 Å². The van der Waals surface area contributed by atoms with Crippen LogP contribution >= 0.6 is 0 Å². The third-order valence-corrected chi connectivity index (χ3v) is 2.07. The maximum absolute atomic E-state index is 12.1. The second kappa shape index (κ2) is 7.06. The summed E-state index contributed by atoms with van der Waals surface area (Å²) in [6.45, 7) is 3.43. The van der Waals surface area contributed by atoms with Crippen molar-refractivity contribution >= 4 is 0 Å². The number of nitrogens with zero attached hydrogens (tertiary/aromatic N) is 1. The molecule has 0 fully saturated rings. The van der Waals surface area contributed by atoms with Crippen molar-refractivity contribution in [1.29, 1.82) is 0 Å². The largest absolute Gasteiger partial charge is 0.401 e. The first-order chi connectivity index (χ1) is 6.85. The minimum Gasteiger partial charge on any atom is -0.395 e. The molecule has 0 unspecified atom stereocenters. The van der Waals surface area contributed by atoms with Crippen molar-refractivity contribution in [3.8, 4) is 0 Å². The minimum absolute atomic E-state index is 0.0948. The van der Waals surface area contributed by atoms with Crippen LogP contribution in [-0.4, -0.2) is 42.4 Å². The molecule has 0 aliphatic heterocycles. The van der Waals surface area contributed by atoms with Gasteiger partial charge >= 0.3 is 6.18 Å². The summed E-state index contributed by atoms with van der Waals surface area (Å²) in [6.07, 6.45) is -2.51. The third-order valence-electron chi connectivity index (χ3n) is 2.07. The fourth-order valence-corrected chi connectivity index (χ4v) is 1.39. The van der Waals surface area contributed by atoms with Gasteiger partial charge in [0.15, 0.2) is 0 Å². The van der Waals surface area contributed by atoms with E-state index in [2.05, 4.69) is 0 Å². The van der Waals surface area contributed by atoms with Crippen LogP contribution in [0, 0.1) is 5.92 Å². The molecule has 0 saturated heterocycles. The highest BCUT2D eigenvalue weighted by Crippen LogP contribution is 2.17. The molecule has 0 radical (unpaired) electrons. The summed E-state index contributed by atoms with van der Waals surface area (Å²) in [5.41, 5.74) is 0. The number of halogens is 3. The van der Waals surface area contributed by atoms with E-state index in [0.29, 0.717) is 12.5 Å². The van der Waals surface area contributed by atoms with E-state index < -0.39 is 12.7 Å². The second-order valence-electron chi connectivity index (χ2n) is 4.15. The standard InChI is InChI=1S/C10H20F3NO/c1-9(2)4-3-5-14(6-7-15)8-10(11,12)13/h9,15H,3-8H2,1-2H3. The summed E-state index contributed by atoms with van der Waals surface area (Å²) < 4.78 is 36.3. The number of aliphatic hydroxyl groups excluding tert-OH is 1.